The lowest BCUT2D eigenvalue weighted by Gasteiger charge is -2.34. The van der Waals surface area contributed by atoms with E-state index in [1.165, 1.54) is 56.7 Å². The third kappa shape index (κ3) is 4.57. The van der Waals surface area contributed by atoms with Crippen LogP contribution in [0.2, 0.25) is 0 Å². The number of carbonyl (C=O) groups excluding carboxylic acids is 1. The highest BCUT2D eigenvalue weighted by molar-refractivity contribution is 7.99. The van der Waals surface area contributed by atoms with E-state index < -0.39 is 0 Å². The summed E-state index contributed by atoms with van der Waals surface area (Å²) in [6.07, 6.45) is 9.92. The van der Waals surface area contributed by atoms with E-state index in [0.717, 1.165) is 17.4 Å². The zero-order chi connectivity index (χ0) is 17.8. The average Bonchev–Trinajstić information content (AvgIpc) is 2.98. The lowest BCUT2D eigenvalue weighted by molar-refractivity contribution is -0.120. The third-order valence-electron chi connectivity index (χ3n) is 6.16. The monoisotopic (exact) mass is 364 g/mol. The molecule has 0 radical (unpaired) electrons. The highest BCUT2D eigenvalue weighted by Crippen LogP contribution is 2.33. The molecule has 0 aromatic carbocycles. The van der Waals surface area contributed by atoms with Gasteiger partial charge >= 0.3 is 0 Å². The Morgan fingerprint density at radius 1 is 1.12 bits per heavy atom. The predicted octanol–water partition coefficient (Wildman–Crippen LogP) is 4.12. The number of amides is 1. The minimum absolute atomic E-state index is 0.131. The molecular formula is C19H32N4OS. The first kappa shape index (κ1) is 18.7. The Hall–Kier alpha value is -1.04. The summed E-state index contributed by atoms with van der Waals surface area (Å²) < 4.78 is 2.27. The van der Waals surface area contributed by atoms with Crippen molar-refractivity contribution in [2.45, 2.75) is 89.4 Å². The van der Waals surface area contributed by atoms with E-state index in [4.69, 9.17) is 0 Å². The Labute approximate surface area is 155 Å². The van der Waals surface area contributed by atoms with Gasteiger partial charge in [0.15, 0.2) is 5.16 Å². The van der Waals surface area contributed by atoms with Gasteiger partial charge in [-0.1, -0.05) is 57.7 Å². The van der Waals surface area contributed by atoms with Gasteiger partial charge in [0.05, 0.1) is 5.75 Å². The van der Waals surface area contributed by atoms with E-state index in [0.29, 0.717) is 29.7 Å². The number of aryl methyl sites for hydroxylation is 1. The molecule has 3 atom stereocenters. The van der Waals surface area contributed by atoms with Gasteiger partial charge in [-0.05, 0) is 38.0 Å². The van der Waals surface area contributed by atoms with E-state index in [9.17, 15) is 4.79 Å². The topological polar surface area (TPSA) is 59.8 Å². The van der Waals surface area contributed by atoms with Crippen LogP contribution in [0, 0.1) is 18.8 Å². The Morgan fingerprint density at radius 2 is 1.88 bits per heavy atom. The Morgan fingerprint density at radius 3 is 2.64 bits per heavy atom. The summed E-state index contributed by atoms with van der Waals surface area (Å²) in [6.45, 7) is 6.59. The van der Waals surface area contributed by atoms with E-state index in [2.05, 4.69) is 33.9 Å². The molecule has 25 heavy (non-hydrogen) atoms. The average molecular weight is 365 g/mol. The Balaban J connectivity index is 1.55. The third-order valence-corrected chi connectivity index (χ3v) is 7.10. The number of thioether (sulfide) groups is 1. The van der Waals surface area contributed by atoms with Gasteiger partial charge in [-0.3, -0.25) is 4.79 Å². The second-order valence-electron chi connectivity index (χ2n) is 7.92. The van der Waals surface area contributed by atoms with Gasteiger partial charge in [0, 0.05) is 12.1 Å². The summed E-state index contributed by atoms with van der Waals surface area (Å²) >= 11 is 1.54. The van der Waals surface area contributed by atoms with Gasteiger partial charge in [0.1, 0.15) is 5.82 Å². The maximum atomic E-state index is 12.4. The molecule has 2 saturated carbocycles. The molecule has 0 bridgehead atoms. The number of hydrogen-bond acceptors (Lipinski definition) is 4. The van der Waals surface area contributed by atoms with Crippen LogP contribution in [-0.4, -0.2) is 32.5 Å². The summed E-state index contributed by atoms with van der Waals surface area (Å²) in [5, 5.41) is 12.8. The molecule has 2 fully saturated rings. The van der Waals surface area contributed by atoms with E-state index in [1.807, 2.05) is 6.92 Å². The number of nitrogens with one attached hydrogen (secondary N) is 1. The van der Waals surface area contributed by atoms with E-state index in [-0.39, 0.29) is 5.91 Å². The number of carbonyl (C=O) groups is 1. The molecule has 2 aliphatic carbocycles. The van der Waals surface area contributed by atoms with Crippen LogP contribution in [0.5, 0.6) is 0 Å². The summed E-state index contributed by atoms with van der Waals surface area (Å²) in [6, 6.07) is 0.836. The molecule has 1 aromatic rings. The predicted molar refractivity (Wildman–Crippen MR) is 102 cm³/mol. The normalized spacial score (nSPS) is 28.0. The summed E-state index contributed by atoms with van der Waals surface area (Å²) in [5.74, 6) is 2.80. The van der Waals surface area contributed by atoms with E-state index in [1.54, 1.807) is 0 Å². The van der Waals surface area contributed by atoms with Gasteiger partial charge in [-0.15, -0.1) is 10.2 Å². The van der Waals surface area contributed by atoms with Crippen molar-refractivity contribution >= 4 is 17.7 Å². The fourth-order valence-corrected chi connectivity index (χ4v) is 5.23. The van der Waals surface area contributed by atoms with Crippen LogP contribution in [0.3, 0.4) is 0 Å². The standard InChI is InChI=1S/C19H32N4OS/c1-13-8-7-11-17(14(13)2)20-18(24)12-25-19-22-21-15(3)23(19)16-9-5-4-6-10-16/h13-14,16-17H,4-12H2,1-3H3,(H,20,24). The zero-order valence-corrected chi connectivity index (χ0v) is 16.6. The molecular weight excluding hydrogens is 332 g/mol. The van der Waals surface area contributed by atoms with Crippen LogP contribution < -0.4 is 5.32 Å². The van der Waals surface area contributed by atoms with E-state index >= 15 is 0 Å². The molecule has 3 unspecified atom stereocenters. The summed E-state index contributed by atoms with van der Waals surface area (Å²) in [7, 11) is 0. The highest BCUT2D eigenvalue weighted by Gasteiger charge is 2.28. The maximum absolute atomic E-state index is 12.4. The number of hydrogen-bond donors (Lipinski definition) is 1. The molecule has 0 spiro atoms. The van der Waals surface area contributed by atoms with Crippen molar-refractivity contribution < 1.29 is 4.79 Å². The van der Waals surface area contributed by atoms with Crippen LogP contribution in [0.1, 0.15) is 77.1 Å². The fraction of sp³-hybridized carbons (Fsp3) is 0.842. The van der Waals surface area contributed by atoms with Crippen LogP contribution in [0.4, 0.5) is 0 Å². The van der Waals surface area contributed by atoms with Crippen molar-refractivity contribution in [2.75, 3.05) is 5.75 Å². The highest BCUT2D eigenvalue weighted by atomic mass is 32.2. The molecule has 2 aliphatic rings. The smallest absolute Gasteiger partial charge is 0.230 e. The number of nitrogens with zero attached hydrogens (tertiary/aromatic N) is 3. The Bertz CT molecular complexity index is 582. The molecule has 0 saturated heterocycles. The maximum Gasteiger partial charge on any atom is 0.230 e. The molecule has 0 aliphatic heterocycles. The van der Waals surface area contributed by atoms with Gasteiger partial charge in [0.25, 0.3) is 0 Å². The first-order chi connectivity index (χ1) is 12.1. The second-order valence-corrected chi connectivity index (χ2v) is 8.86. The summed E-state index contributed by atoms with van der Waals surface area (Å²) in [4.78, 5) is 12.4. The molecule has 1 aromatic heterocycles. The van der Waals surface area contributed by atoms with Crippen molar-refractivity contribution in [3.63, 3.8) is 0 Å². The lowest BCUT2D eigenvalue weighted by Crippen LogP contribution is -2.44. The van der Waals surface area contributed by atoms with Crippen molar-refractivity contribution in [3.05, 3.63) is 5.82 Å². The minimum atomic E-state index is 0.131. The van der Waals surface area contributed by atoms with Crippen molar-refractivity contribution in [3.8, 4) is 0 Å². The minimum Gasteiger partial charge on any atom is -0.352 e. The number of aromatic nitrogens is 3. The lowest BCUT2D eigenvalue weighted by atomic mass is 9.78. The second kappa shape index (κ2) is 8.56. The van der Waals surface area contributed by atoms with Crippen LogP contribution in [0.25, 0.3) is 0 Å². The first-order valence-electron chi connectivity index (χ1n) is 9.90. The molecule has 5 nitrogen and oxygen atoms in total. The molecule has 1 heterocycles. The molecule has 6 heteroatoms. The molecule has 1 N–H and O–H groups in total. The number of rotatable bonds is 5. The van der Waals surface area contributed by atoms with Crippen LogP contribution >= 0.6 is 11.8 Å². The Kier molecular flexibility index (Phi) is 6.42. The van der Waals surface area contributed by atoms with Crippen molar-refractivity contribution in [1.82, 2.24) is 20.1 Å². The molecule has 1 amide bonds. The van der Waals surface area contributed by atoms with Gasteiger partial charge < -0.3 is 9.88 Å². The fourth-order valence-electron chi connectivity index (χ4n) is 4.37. The first-order valence-corrected chi connectivity index (χ1v) is 10.9. The van der Waals surface area contributed by atoms with Crippen LogP contribution in [-0.2, 0) is 4.79 Å². The van der Waals surface area contributed by atoms with Crippen LogP contribution in [0.15, 0.2) is 5.16 Å². The summed E-state index contributed by atoms with van der Waals surface area (Å²) in [5.41, 5.74) is 0. The SMILES string of the molecule is Cc1nnc(SCC(=O)NC2CCCC(C)C2C)n1C1CCCCC1. The largest absolute Gasteiger partial charge is 0.352 e. The quantitative estimate of drug-likeness (QED) is 0.798. The van der Waals surface area contributed by atoms with Gasteiger partial charge in [-0.2, -0.15) is 0 Å². The van der Waals surface area contributed by atoms with Gasteiger partial charge in [-0.25, -0.2) is 0 Å². The van der Waals surface area contributed by atoms with Crippen molar-refractivity contribution in [1.29, 1.82) is 0 Å². The molecule has 140 valence electrons. The van der Waals surface area contributed by atoms with Crippen molar-refractivity contribution in [2.24, 2.45) is 11.8 Å². The van der Waals surface area contributed by atoms with Gasteiger partial charge in [0.2, 0.25) is 5.91 Å². The molecule has 3 rings (SSSR count). The zero-order valence-electron chi connectivity index (χ0n) is 15.8.